The van der Waals surface area contributed by atoms with Crippen molar-refractivity contribution in [1.82, 2.24) is 5.32 Å². The molecule has 0 aromatic heterocycles. The summed E-state index contributed by atoms with van der Waals surface area (Å²) in [6.45, 7) is 1.62. The molecule has 0 bridgehead atoms. The standard InChI is InChI=1S/C49H89NO18/c1-3-5-7-9-11-13-15-16-17-19-21-23-25-27-37(55)50-32(33(54)26-24-22-20-18-14-12-10-8-6-4-2)31-63-47-43(61)40(58)45(35(29-52)65-47)68-49-44(62)41(59)46(36(30-53)66-49)67-48-42(60)39(57)38(56)34(28-51)64-48/h14,18,24,26,32-36,38-49,51-54,56-62H,3-13,15-17,19-23,25,27-31H2,1-2H3,(H,50,55)/b18-14+,26-24+. The van der Waals surface area contributed by atoms with Gasteiger partial charge in [0.1, 0.15) is 73.2 Å². The lowest BCUT2D eigenvalue weighted by atomic mass is 9.96. The van der Waals surface area contributed by atoms with Gasteiger partial charge in [0, 0.05) is 6.42 Å². The molecular formula is C49H89NO18. The van der Waals surface area contributed by atoms with Gasteiger partial charge in [0.15, 0.2) is 18.9 Å². The molecule has 17 atom stereocenters. The average Bonchev–Trinajstić information content (AvgIpc) is 3.33. The molecule has 0 aromatic carbocycles. The van der Waals surface area contributed by atoms with Crippen molar-refractivity contribution in [2.45, 2.75) is 253 Å². The van der Waals surface area contributed by atoms with Gasteiger partial charge in [0.2, 0.25) is 5.91 Å². The van der Waals surface area contributed by atoms with Crippen LogP contribution in [0, 0.1) is 0 Å². The summed E-state index contributed by atoms with van der Waals surface area (Å²) in [6.07, 6.45) is 3.41. The highest BCUT2D eigenvalue weighted by atomic mass is 16.8. The molecule has 0 aromatic rings. The van der Waals surface area contributed by atoms with Gasteiger partial charge in [-0.25, -0.2) is 0 Å². The van der Waals surface area contributed by atoms with E-state index >= 15 is 0 Å². The van der Waals surface area contributed by atoms with Gasteiger partial charge in [-0.2, -0.15) is 0 Å². The molecule has 0 radical (unpaired) electrons. The van der Waals surface area contributed by atoms with Crippen molar-refractivity contribution in [2.75, 3.05) is 26.4 Å². The van der Waals surface area contributed by atoms with Crippen molar-refractivity contribution in [1.29, 1.82) is 0 Å². The predicted molar refractivity (Wildman–Crippen MR) is 250 cm³/mol. The lowest BCUT2D eigenvalue weighted by Gasteiger charge is -2.48. The van der Waals surface area contributed by atoms with E-state index in [2.05, 4.69) is 31.3 Å². The van der Waals surface area contributed by atoms with Crippen molar-refractivity contribution in [3.63, 3.8) is 0 Å². The molecular weight excluding hydrogens is 891 g/mol. The number of unbranched alkanes of at least 4 members (excludes halogenated alkanes) is 17. The van der Waals surface area contributed by atoms with Gasteiger partial charge in [-0.05, 0) is 32.1 Å². The van der Waals surface area contributed by atoms with E-state index in [1.807, 2.05) is 6.08 Å². The zero-order valence-electron chi connectivity index (χ0n) is 40.6. The topological polar surface area (TPSA) is 307 Å². The number of hydrogen-bond donors (Lipinski definition) is 12. The molecule has 12 N–H and O–H groups in total. The fraction of sp³-hybridized carbons (Fsp3) is 0.898. The first-order chi connectivity index (χ1) is 32.8. The number of carbonyl (C=O) groups is 1. The highest BCUT2D eigenvalue weighted by Crippen LogP contribution is 2.33. The monoisotopic (exact) mass is 980 g/mol. The average molecular weight is 980 g/mol. The first-order valence-corrected chi connectivity index (χ1v) is 25.6. The molecule has 1 amide bonds. The third kappa shape index (κ3) is 20.4. The molecule has 19 nitrogen and oxygen atoms in total. The number of aliphatic hydroxyl groups is 11. The first-order valence-electron chi connectivity index (χ1n) is 25.6. The Morgan fingerprint density at radius 3 is 1.47 bits per heavy atom. The van der Waals surface area contributed by atoms with E-state index in [0.717, 1.165) is 38.5 Å². The zero-order valence-corrected chi connectivity index (χ0v) is 40.6. The molecule has 3 fully saturated rings. The third-order valence-corrected chi connectivity index (χ3v) is 13.0. The van der Waals surface area contributed by atoms with Gasteiger partial charge in [-0.3, -0.25) is 4.79 Å². The lowest BCUT2D eigenvalue weighted by molar-refractivity contribution is -0.379. The summed E-state index contributed by atoms with van der Waals surface area (Å²) in [5, 5.41) is 119. The Balaban J connectivity index is 1.57. The number of rotatable bonds is 35. The highest BCUT2D eigenvalue weighted by Gasteiger charge is 2.53. The maximum atomic E-state index is 13.2. The number of amides is 1. The van der Waals surface area contributed by atoms with E-state index in [1.54, 1.807) is 6.08 Å². The first kappa shape index (κ1) is 60.6. The summed E-state index contributed by atoms with van der Waals surface area (Å²) in [6, 6.07) is -0.981. The van der Waals surface area contributed by atoms with Crippen LogP contribution < -0.4 is 5.32 Å². The normalized spacial score (nSPS) is 33.3. The van der Waals surface area contributed by atoms with E-state index < -0.39 is 124 Å². The van der Waals surface area contributed by atoms with E-state index in [-0.39, 0.29) is 18.9 Å². The Hall–Kier alpha value is -1.73. The molecule has 68 heavy (non-hydrogen) atoms. The maximum Gasteiger partial charge on any atom is 0.220 e. The molecule has 0 spiro atoms. The fourth-order valence-corrected chi connectivity index (χ4v) is 8.67. The number of aliphatic hydroxyl groups excluding tert-OH is 11. The maximum absolute atomic E-state index is 13.2. The summed E-state index contributed by atoms with van der Waals surface area (Å²) in [5.41, 5.74) is 0. The smallest absolute Gasteiger partial charge is 0.220 e. The van der Waals surface area contributed by atoms with Crippen LogP contribution in [0.1, 0.15) is 149 Å². The van der Waals surface area contributed by atoms with E-state index in [1.165, 1.54) is 77.0 Å². The third-order valence-electron chi connectivity index (χ3n) is 13.0. The second-order valence-corrected chi connectivity index (χ2v) is 18.6. The van der Waals surface area contributed by atoms with Crippen molar-refractivity contribution in [3.05, 3.63) is 24.3 Å². The van der Waals surface area contributed by atoms with E-state index in [9.17, 15) is 61.0 Å². The Kier molecular flexibility index (Phi) is 30.8. The molecule has 3 saturated heterocycles. The molecule has 3 aliphatic rings. The van der Waals surface area contributed by atoms with Crippen molar-refractivity contribution < 1.29 is 89.4 Å². The number of hydrogen-bond acceptors (Lipinski definition) is 18. The van der Waals surface area contributed by atoms with Crippen LogP contribution in [0.15, 0.2) is 24.3 Å². The van der Waals surface area contributed by atoms with E-state index in [4.69, 9.17) is 28.4 Å². The fourth-order valence-electron chi connectivity index (χ4n) is 8.67. The summed E-state index contributed by atoms with van der Waals surface area (Å²) in [5.74, 6) is -0.290. The second-order valence-electron chi connectivity index (χ2n) is 18.6. The minimum absolute atomic E-state index is 0.238. The van der Waals surface area contributed by atoms with E-state index in [0.29, 0.717) is 12.8 Å². The second kappa shape index (κ2) is 34.6. The van der Waals surface area contributed by atoms with Crippen LogP contribution in [0.3, 0.4) is 0 Å². The molecule has 398 valence electrons. The Labute approximate surface area is 403 Å². The predicted octanol–water partition coefficient (Wildman–Crippen LogP) is 1.64. The lowest BCUT2D eigenvalue weighted by Crippen LogP contribution is -2.66. The Morgan fingerprint density at radius 2 is 0.941 bits per heavy atom. The van der Waals surface area contributed by atoms with Crippen LogP contribution in [-0.2, 0) is 33.2 Å². The zero-order chi connectivity index (χ0) is 49.8. The largest absolute Gasteiger partial charge is 0.394 e. The van der Waals surface area contributed by atoms with Crippen molar-refractivity contribution in [2.24, 2.45) is 0 Å². The summed E-state index contributed by atoms with van der Waals surface area (Å²) >= 11 is 0. The molecule has 17 unspecified atom stereocenters. The quantitative estimate of drug-likeness (QED) is 0.0317. The number of carbonyl (C=O) groups excluding carboxylic acids is 1. The number of nitrogens with one attached hydrogen (secondary N) is 1. The van der Waals surface area contributed by atoms with Crippen LogP contribution in [0.2, 0.25) is 0 Å². The summed E-state index contributed by atoms with van der Waals surface area (Å²) in [4.78, 5) is 13.2. The van der Waals surface area contributed by atoms with Gasteiger partial charge >= 0.3 is 0 Å². The van der Waals surface area contributed by atoms with Crippen LogP contribution in [0.5, 0.6) is 0 Å². The van der Waals surface area contributed by atoms with Crippen molar-refractivity contribution in [3.8, 4) is 0 Å². The Bertz CT molecular complexity index is 1360. The van der Waals surface area contributed by atoms with Crippen LogP contribution in [-0.4, -0.2) is 193 Å². The van der Waals surface area contributed by atoms with Gasteiger partial charge in [0.05, 0.1) is 38.6 Å². The molecule has 0 saturated carbocycles. The van der Waals surface area contributed by atoms with Gasteiger partial charge in [-0.15, -0.1) is 0 Å². The Morgan fingerprint density at radius 1 is 0.515 bits per heavy atom. The SMILES string of the molecule is CCCCCC/C=C/CC/C=C/C(O)C(COC1OC(CO)C(OC2OC(CO)C(OC3OC(CO)C(O)C(O)C3O)C(O)C2O)C(O)C1O)NC(=O)CCCCCCCCCCCCCCC. The minimum atomic E-state index is -1.98. The van der Waals surface area contributed by atoms with Crippen LogP contribution >= 0.6 is 0 Å². The summed E-state index contributed by atoms with van der Waals surface area (Å²) < 4.78 is 34.0. The summed E-state index contributed by atoms with van der Waals surface area (Å²) in [7, 11) is 0. The molecule has 19 heteroatoms. The van der Waals surface area contributed by atoms with Crippen LogP contribution in [0.4, 0.5) is 0 Å². The van der Waals surface area contributed by atoms with Gasteiger partial charge in [-0.1, -0.05) is 134 Å². The molecule has 3 rings (SSSR count). The van der Waals surface area contributed by atoms with Gasteiger partial charge in [0.25, 0.3) is 0 Å². The number of ether oxygens (including phenoxy) is 6. The van der Waals surface area contributed by atoms with Crippen molar-refractivity contribution >= 4 is 5.91 Å². The van der Waals surface area contributed by atoms with Crippen LogP contribution in [0.25, 0.3) is 0 Å². The van der Waals surface area contributed by atoms with Gasteiger partial charge < -0.3 is 89.9 Å². The minimum Gasteiger partial charge on any atom is -0.394 e. The highest BCUT2D eigenvalue weighted by molar-refractivity contribution is 5.76. The molecule has 0 aliphatic carbocycles. The molecule has 3 heterocycles. The molecule has 3 aliphatic heterocycles. The number of allylic oxidation sites excluding steroid dienone is 3.